The first-order valence-electron chi connectivity index (χ1n) is 5.04. The number of nitrogens with zero attached hydrogens (tertiary/aromatic N) is 2. The summed E-state index contributed by atoms with van der Waals surface area (Å²) in [4.78, 5) is 9.47. The molecule has 0 amide bonds. The maximum Gasteiger partial charge on any atom is 0.269 e. The lowest BCUT2D eigenvalue weighted by Gasteiger charge is -2.21. The van der Waals surface area contributed by atoms with Gasteiger partial charge in [-0.15, -0.1) is 17.4 Å². The third-order valence-corrected chi connectivity index (χ3v) is 1.97. The first kappa shape index (κ1) is 15.7. The Morgan fingerprint density at radius 3 is 1.94 bits per heavy atom. The third-order valence-electron chi connectivity index (χ3n) is 1.80. The van der Waals surface area contributed by atoms with Crippen molar-refractivity contribution in [2.24, 2.45) is 0 Å². The largest absolute Gasteiger partial charge is 0.872 e. The molecule has 0 heterocycles. The van der Waals surface area contributed by atoms with E-state index in [0.29, 0.717) is 0 Å². The Morgan fingerprint density at radius 1 is 1.24 bits per heavy atom. The molecule has 0 atom stereocenters. The summed E-state index contributed by atoms with van der Waals surface area (Å²) in [5.41, 5.74) is -0.0559. The van der Waals surface area contributed by atoms with Gasteiger partial charge in [-0.3, -0.25) is 10.1 Å². The number of hydrogen-bond acceptors (Lipinski definition) is 3. The normalized spacial score (nSPS) is 10.4. The SMILES string of the molecule is C[N+](C)(C)CCCl.O=[N+]([O-])c1ccc([O-])cc1. The van der Waals surface area contributed by atoms with Crippen molar-refractivity contribution in [2.45, 2.75) is 0 Å². The highest BCUT2D eigenvalue weighted by molar-refractivity contribution is 6.17. The first-order chi connectivity index (χ1) is 7.76. The van der Waals surface area contributed by atoms with Gasteiger partial charge in [0.1, 0.15) is 0 Å². The van der Waals surface area contributed by atoms with Crippen LogP contribution in [-0.4, -0.2) is 43.0 Å². The minimum absolute atomic E-state index is 0.0559. The zero-order valence-electron chi connectivity index (χ0n) is 10.2. The van der Waals surface area contributed by atoms with E-state index in [9.17, 15) is 15.2 Å². The number of hydrogen-bond donors (Lipinski definition) is 0. The molecule has 0 aliphatic heterocycles. The summed E-state index contributed by atoms with van der Waals surface area (Å²) < 4.78 is 0.962. The Bertz CT molecular complexity index is 347. The smallest absolute Gasteiger partial charge is 0.269 e. The van der Waals surface area contributed by atoms with Crippen LogP contribution >= 0.6 is 11.6 Å². The lowest BCUT2D eigenvalue weighted by atomic mass is 10.3. The van der Waals surface area contributed by atoms with Crippen LogP contribution in [0.15, 0.2) is 24.3 Å². The van der Waals surface area contributed by atoms with E-state index in [2.05, 4.69) is 21.1 Å². The number of benzene rings is 1. The van der Waals surface area contributed by atoms with Gasteiger partial charge in [0.2, 0.25) is 0 Å². The molecular formula is C11H17ClN2O3. The van der Waals surface area contributed by atoms with Gasteiger partial charge in [-0.05, 0) is 0 Å². The minimum Gasteiger partial charge on any atom is -0.872 e. The summed E-state index contributed by atoms with van der Waals surface area (Å²) in [6, 6.07) is 4.70. The summed E-state index contributed by atoms with van der Waals surface area (Å²) in [5.74, 6) is 0.536. The molecular weight excluding hydrogens is 244 g/mol. The number of alkyl halides is 1. The molecule has 17 heavy (non-hydrogen) atoms. The van der Waals surface area contributed by atoms with E-state index in [-0.39, 0.29) is 11.4 Å². The fourth-order valence-electron chi connectivity index (χ4n) is 0.821. The number of rotatable bonds is 3. The molecule has 0 N–H and O–H groups in total. The Labute approximate surface area is 106 Å². The Hall–Kier alpha value is -1.33. The van der Waals surface area contributed by atoms with E-state index in [1.54, 1.807) is 0 Å². The van der Waals surface area contributed by atoms with Crippen LogP contribution in [0.25, 0.3) is 0 Å². The lowest BCUT2D eigenvalue weighted by molar-refractivity contribution is -0.867. The maximum absolute atomic E-state index is 10.4. The highest BCUT2D eigenvalue weighted by Crippen LogP contribution is 2.12. The Morgan fingerprint density at radius 2 is 1.71 bits per heavy atom. The molecule has 0 spiro atoms. The predicted molar refractivity (Wildman–Crippen MR) is 66.2 cm³/mol. The average molecular weight is 261 g/mol. The van der Waals surface area contributed by atoms with Gasteiger partial charge < -0.3 is 9.59 Å². The van der Waals surface area contributed by atoms with Crippen LogP contribution in [-0.2, 0) is 0 Å². The van der Waals surface area contributed by atoms with Gasteiger partial charge >= 0.3 is 0 Å². The van der Waals surface area contributed by atoms with E-state index >= 15 is 0 Å². The molecule has 0 radical (unpaired) electrons. The summed E-state index contributed by atoms with van der Waals surface area (Å²) >= 11 is 5.47. The van der Waals surface area contributed by atoms with Crippen molar-refractivity contribution in [3.8, 4) is 5.75 Å². The predicted octanol–water partition coefficient (Wildman–Crippen LogP) is 1.60. The Balaban J connectivity index is 0.000000325. The first-order valence-corrected chi connectivity index (χ1v) is 5.57. The third kappa shape index (κ3) is 8.47. The number of nitro groups is 1. The number of non-ortho nitro benzene ring substituents is 1. The molecule has 0 bridgehead atoms. The van der Waals surface area contributed by atoms with Crippen LogP contribution in [0.3, 0.4) is 0 Å². The molecule has 0 saturated heterocycles. The second kappa shape index (κ2) is 7.09. The molecule has 0 fully saturated rings. The molecule has 96 valence electrons. The van der Waals surface area contributed by atoms with Gasteiger partial charge in [0, 0.05) is 12.1 Å². The van der Waals surface area contributed by atoms with E-state index in [0.717, 1.165) is 29.0 Å². The summed E-state index contributed by atoms with van der Waals surface area (Å²) in [7, 11) is 6.38. The molecule has 6 heteroatoms. The molecule has 0 saturated carbocycles. The van der Waals surface area contributed by atoms with E-state index < -0.39 is 4.92 Å². The standard InChI is InChI=1S/C6H5NO3.C5H13ClN/c8-6-3-1-5(2-4-6)7(9)10;1-7(2,3)5-4-6/h1-4,8H;4-5H2,1-3H3/q;+1/p-1. The fourth-order valence-corrected chi connectivity index (χ4v) is 1.33. The minimum atomic E-state index is -0.542. The van der Waals surface area contributed by atoms with Gasteiger partial charge in [-0.2, -0.15) is 0 Å². The second-order valence-electron chi connectivity index (χ2n) is 4.45. The highest BCUT2D eigenvalue weighted by atomic mass is 35.5. The second-order valence-corrected chi connectivity index (χ2v) is 4.83. The molecule has 1 aromatic rings. The molecule has 0 aromatic heterocycles. The number of halogens is 1. The van der Waals surface area contributed by atoms with Crippen LogP contribution < -0.4 is 5.11 Å². The van der Waals surface area contributed by atoms with E-state index in [4.69, 9.17) is 11.6 Å². The highest BCUT2D eigenvalue weighted by Gasteiger charge is 2.02. The van der Waals surface area contributed by atoms with Crippen LogP contribution in [0.2, 0.25) is 0 Å². The quantitative estimate of drug-likeness (QED) is 0.359. The van der Waals surface area contributed by atoms with Crippen molar-refractivity contribution < 1.29 is 14.5 Å². The average Bonchev–Trinajstić information content (AvgIpc) is 2.17. The van der Waals surface area contributed by atoms with Gasteiger partial charge in [-0.25, -0.2) is 0 Å². The van der Waals surface area contributed by atoms with Crippen molar-refractivity contribution in [3.63, 3.8) is 0 Å². The lowest BCUT2D eigenvalue weighted by Crippen LogP contribution is -2.35. The molecule has 0 aliphatic rings. The summed E-state index contributed by atoms with van der Waals surface area (Å²) in [6.45, 7) is 1.04. The number of quaternary nitrogens is 1. The van der Waals surface area contributed by atoms with Crippen LogP contribution in [0.4, 0.5) is 5.69 Å². The molecule has 0 aliphatic carbocycles. The molecule has 5 nitrogen and oxygen atoms in total. The van der Waals surface area contributed by atoms with E-state index in [1.165, 1.54) is 12.1 Å². The maximum atomic E-state index is 10.4. The topological polar surface area (TPSA) is 66.2 Å². The fraction of sp³-hybridized carbons (Fsp3) is 0.455. The van der Waals surface area contributed by atoms with Crippen molar-refractivity contribution >= 4 is 17.3 Å². The molecule has 1 rings (SSSR count). The Kier molecular flexibility index (Phi) is 6.53. The van der Waals surface area contributed by atoms with Crippen molar-refractivity contribution in [1.82, 2.24) is 0 Å². The van der Waals surface area contributed by atoms with Crippen LogP contribution in [0, 0.1) is 10.1 Å². The zero-order valence-corrected chi connectivity index (χ0v) is 11.0. The van der Waals surface area contributed by atoms with Crippen molar-refractivity contribution in [1.29, 1.82) is 0 Å². The summed E-state index contributed by atoms with van der Waals surface area (Å²) in [6.07, 6.45) is 0. The van der Waals surface area contributed by atoms with Crippen LogP contribution in [0.5, 0.6) is 5.75 Å². The van der Waals surface area contributed by atoms with Gasteiger partial charge in [-0.1, -0.05) is 12.1 Å². The van der Waals surface area contributed by atoms with Crippen molar-refractivity contribution in [2.75, 3.05) is 33.6 Å². The molecule has 1 aromatic carbocycles. The molecule has 0 unspecified atom stereocenters. The van der Waals surface area contributed by atoms with Crippen LogP contribution in [0.1, 0.15) is 0 Å². The van der Waals surface area contributed by atoms with Crippen molar-refractivity contribution in [3.05, 3.63) is 34.4 Å². The summed E-state index contributed by atoms with van der Waals surface area (Å²) in [5, 5.41) is 20.4. The zero-order chi connectivity index (χ0) is 13.5. The van der Waals surface area contributed by atoms with Gasteiger partial charge in [0.25, 0.3) is 5.69 Å². The van der Waals surface area contributed by atoms with Gasteiger partial charge in [0.15, 0.2) is 0 Å². The van der Waals surface area contributed by atoms with E-state index in [1.807, 2.05) is 0 Å². The number of nitro benzene ring substituents is 1. The monoisotopic (exact) mass is 260 g/mol. The van der Waals surface area contributed by atoms with Gasteiger partial charge in [0.05, 0.1) is 38.5 Å².